The van der Waals surface area contributed by atoms with Crippen LogP contribution in [0.3, 0.4) is 0 Å². The molecule has 0 fully saturated rings. The third kappa shape index (κ3) is 5.23. The minimum Gasteiger partial charge on any atom is -0.496 e. The second-order valence-corrected chi connectivity index (χ2v) is 6.75. The Kier molecular flexibility index (Phi) is 7.20. The molecule has 0 aliphatic carbocycles. The Labute approximate surface area is 135 Å². The largest absolute Gasteiger partial charge is 0.496 e. The Balaban J connectivity index is 2.99. The van der Waals surface area contributed by atoms with E-state index in [9.17, 15) is 13.2 Å². The summed E-state index contributed by atoms with van der Waals surface area (Å²) >= 11 is 5.51. The van der Waals surface area contributed by atoms with Crippen LogP contribution in [0.25, 0.3) is 0 Å². The molecule has 0 heterocycles. The van der Waals surface area contributed by atoms with Gasteiger partial charge < -0.3 is 9.47 Å². The molecule has 1 aromatic carbocycles. The first-order chi connectivity index (χ1) is 10.4. The molecule has 0 N–H and O–H groups in total. The highest BCUT2D eigenvalue weighted by Gasteiger charge is 2.19. The first-order valence-electron chi connectivity index (χ1n) is 6.35. The number of hydrogen-bond acceptors (Lipinski definition) is 5. The average Bonchev–Trinajstić information content (AvgIpc) is 2.53. The van der Waals surface area contributed by atoms with Gasteiger partial charge in [-0.2, -0.15) is 0 Å². The number of para-hydroxylation sites is 1. The molecule has 6 nitrogen and oxygen atoms in total. The molecule has 0 saturated heterocycles. The summed E-state index contributed by atoms with van der Waals surface area (Å²) in [5, 5.41) is -0.565. The van der Waals surface area contributed by atoms with Crippen LogP contribution in [0.15, 0.2) is 36.5 Å². The second kappa shape index (κ2) is 8.65. The molecule has 0 amide bonds. The minimum atomic E-state index is -3.68. The van der Waals surface area contributed by atoms with Crippen molar-refractivity contribution in [3.05, 3.63) is 42.1 Å². The second-order valence-electron chi connectivity index (χ2n) is 4.24. The highest BCUT2D eigenvalue weighted by atomic mass is 35.5. The number of methoxy groups -OCH3 is 2. The van der Waals surface area contributed by atoms with Crippen LogP contribution in [0.1, 0.15) is 12.0 Å². The minimum absolute atomic E-state index is 0.0310. The summed E-state index contributed by atoms with van der Waals surface area (Å²) in [6.07, 6.45) is 2.68. The van der Waals surface area contributed by atoms with Gasteiger partial charge in [0, 0.05) is 11.8 Å². The summed E-state index contributed by atoms with van der Waals surface area (Å²) in [5.41, 5.74) is 0.682. The molecule has 0 unspecified atom stereocenters. The van der Waals surface area contributed by atoms with Crippen molar-refractivity contribution in [2.45, 2.75) is 13.0 Å². The molecule has 122 valence electrons. The topological polar surface area (TPSA) is 72.9 Å². The van der Waals surface area contributed by atoms with Gasteiger partial charge in [-0.25, -0.2) is 8.42 Å². The van der Waals surface area contributed by atoms with Crippen molar-refractivity contribution in [2.75, 3.05) is 19.4 Å². The molecule has 22 heavy (non-hydrogen) atoms. The molecular formula is C14H18ClNO5S. The zero-order valence-corrected chi connectivity index (χ0v) is 13.9. The molecule has 0 aliphatic rings. The van der Waals surface area contributed by atoms with Crippen molar-refractivity contribution in [1.29, 1.82) is 0 Å². The summed E-state index contributed by atoms with van der Waals surface area (Å²) in [5.74, 6) is 0.107. The fourth-order valence-electron chi connectivity index (χ4n) is 1.66. The number of esters is 1. The maximum atomic E-state index is 12.0. The van der Waals surface area contributed by atoms with Gasteiger partial charge in [0.25, 0.3) is 0 Å². The Morgan fingerprint density at radius 1 is 1.32 bits per heavy atom. The van der Waals surface area contributed by atoms with E-state index in [1.807, 2.05) is 0 Å². The van der Waals surface area contributed by atoms with Crippen LogP contribution in [-0.2, 0) is 26.1 Å². The quantitative estimate of drug-likeness (QED) is 0.532. The van der Waals surface area contributed by atoms with Crippen molar-refractivity contribution >= 4 is 27.6 Å². The number of nitrogens with zero attached hydrogens (tertiary/aromatic N) is 1. The van der Waals surface area contributed by atoms with E-state index in [1.54, 1.807) is 24.3 Å². The molecule has 0 atom stereocenters. The summed E-state index contributed by atoms with van der Waals surface area (Å²) in [4.78, 5) is 11.1. The van der Waals surface area contributed by atoms with Gasteiger partial charge in [0.15, 0.2) is 0 Å². The van der Waals surface area contributed by atoms with Crippen molar-refractivity contribution in [3.63, 3.8) is 0 Å². The van der Waals surface area contributed by atoms with Crippen LogP contribution in [-0.4, -0.2) is 38.1 Å². The van der Waals surface area contributed by atoms with Gasteiger partial charge in [-0.3, -0.25) is 9.10 Å². The SMILES string of the molecule is COC(=O)C/C=C/N(Cc1ccccc1OC)S(=O)(=O)CCl. The molecule has 1 aromatic rings. The molecule has 0 bridgehead atoms. The number of ether oxygens (including phenoxy) is 2. The maximum absolute atomic E-state index is 12.0. The third-order valence-corrected chi connectivity index (χ3v) is 4.87. The first-order valence-corrected chi connectivity index (χ1v) is 8.49. The van der Waals surface area contributed by atoms with E-state index in [4.69, 9.17) is 16.3 Å². The number of alkyl halides is 1. The summed E-state index contributed by atoms with van der Waals surface area (Å²) < 4.78 is 34.8. The third-order valence-electron chi connectivity index (χ3n) is 2.80. The van der Waals surface area contributed by atoms with E-state index >= 15 is 0 Å². The summed E-state index contributed by atoms with van der Waals surface area (Å²) in [6.45, 7) is 0.0523. The Bertz CT molecular complexity index is 630. The molecule has 0 spiro atoms. The van der Waals surface area contributed by atoms with E-state index in [2.05, 4.69) is 4.74 Å². The predicted molar refractivity (Wildman–Crippen MR) is 83.9 cm³/mol. The van der Waals surface area contributed by atoms with E-state index in [0.29, 0.717) is 11.3 Å². The van der Waals surface area contributed by atoms with Crippen LogP contribution in [0, 0.1) is 0 Å². The highest BCUT2D eigenvalue weighted by Crippen LogP contribution is 2.21. The number of carbonyl (C=O) groups is 1. The zero-order chi connectivity index (χ0) is 16.6. The van der Waals surface area contributed by atoms with E-state index in [1.165, 1.54) is 26.5 Å². The maximum Gasteiger partial charge on any atom is 0.309 e. The first kappa shape index (κ1) is 18.3. The molecule has 8 heteroatoms. The van der Waals surface area contributed by atoms with Crippen molar-refractivity contribution in [2.24, 2.45) is 0 Å². The number of sulfonamides is 1. The Hall–Kier alpha value is -1.73. The monoisotopic (exact) mass is 347 g/mol. The van der Waals surface area contributed by atoms with Crippen LogP contribution in [0.2, 0.25) is 0 Å². The van der Waals surface area contributed by atoms with Gasteiger partial charge in [0.2, 0.25) is 10.0 Å². The zero-order valence-electron chi connectivity index (χ0n) is 12.4. The number of carbonyl (C=O) groups excluding carboxylic acids is 1. The summed E-state index contributed by atoms with van der Waals surface area (Å²) in [6, 6.07) is 7.06. The lowest BCUT2D eigenvalue weighted by molar-refractivity contribution is -0.139. The van der Waals surface area contributed by atoms with Gasteiger partial charge in [-0.1, -0.05) is 24.3 Å². The van der Waals surface area contributed by atoms with Crippen LogP contribution < -0.4 is 4.74 Å². The fourth-order valence-corrected chi connectivity index (χ4v) is 2.77. The average molecular weight is 348 g/mol. The molecule has 0 radical (unpaired) electrons. The number of benzene rings is 1. The highest BCUT2D eigenvalue weighted by molar-refractivity contribution is 7.90. The van der Waals surface area contributed by atoms with Crippen LogP contribution in [0.4, 0.5) is 0 Å². The lowest BCUT2D eigenvalue weighted by atomic mass is 10.2. The molecule has 1 rings (SSSR count). The van der Waals surface area contributed by atoms with E-state index in [0.717, 1.165) is 4.31 Å². The van der Waals surface area contributed by atoms with Gasteiger partial charge in [0.05, 0.1) is 27.2 Å². The Morgan fingerprint density at radius 2 is 2.00 bits per heavy atom. The van der Waals surface area contributed by atoms with Crippen LogP contribution in [0.5, 0.6) is 5.75 Å². The number of hydrogen-bond donors (Lipinski definition) is 0. The fraction of sp³-hybridized carbons (Fsp3) is 0.357. The number of rotatable bonds is 8. The van der Waals surface area contributed by atoms with Crippen molar-refractivity contribution in [3.8, 4) is 5.75 Å². The standard InChI is InChI=1S/C14H18ClNO5S/c1-20-13-7-4-3-6-12(13)10-16(22(18,19)11-15)9-5-8-14(17)21-2/h3-7,9H,8,10-11H2,1-2H3/b9-5+. The van der Waals surface area contributed by atoms with Crippen LogP contribution >= 0.6 is 11.6 Å². The van der Waals surface area contributed by atoms with E-state index < -0.39 is 21.2 Å². The Morgan fingerprint density at radius 3 is 2.59 bits per heavy atom. The van der Waals surface area contributed by atoms with Gasteiger partial charge >= 0.3 is 5.97 Å². The van der Waals surface area contributed by atoms with Gasteiger partial charge in [-0.15, -0.1) is 11.6 Å². The van der Waals surface area contributed by atoms with Crippen molar-refractivity contribution in [1.82, 2.24) is 4.31 Å². The normalized spacial score (nSPS) is 11.4. The van der Waals surface area contributed by atoms with Gasteiger partial charge in [-0.05, 0) is 6.07 Å². The molecule has 0 aromatic heterocycles. The van der Waals surface area contributed by atoms with Crippen molar-refractivity contribution < 1.29 is 22.7 Å². The number of halogens is 1. The smallest absolute Gasteiger partial charge is 0.309 e. The predicted octanol–water partition coefficient (Wildman–Crippen LogP) is 2.10. The molecule has 0 saturated carbocycles. The molecule has 0 aliphatic heterocycles. The molecular weight excluding hydrogens is 330 g/mol. The lowest BCUT2D eigenvalue weighted by Gasteiger charge is -2.20. The summed E-state index contributed by atoms with van der Waals surface area (Å²) in [7, 11) is -0.915. The lowest BCUT2D eigenvalue weighted by Crippen LogP contribution is -2.26. The van der Waals surface area contributed by atoms with Gasteiger partial charge in [0.1, 0.15) is 11.0 Å². The van der Waals surface area contributed by atoms with E-state index in [-0.39, 0.29) is 13.0 Å².